The molecule has 0 N–H and O–H groups in total. The van der Waals surface area contributed by atoms with E-state index in [9.17, 15) is 4.79 Å². The Hall–Kier alpha value is -2.13. The van der Waals surface area contributed by atoms with Crippen molar-refractivity contribution in [2.45, 2.75) is 67.7 Å². The van der Waals surface area contributed by atoms with Crippen molar-refractivity contribution < 1.29 is 42.0 Å². The van der Waals surface area contributed by atoms with Gasteiger partial charge >= 0.3 is 26.1 Å². The molecule has 0 bridgehead atoms. The summed E-state index contributed by atoms with van der Waals surface area (Å²) in [5.74, 6) is -0.363. The molecule has 0 aromatic heterocycles. The van der Waals surface area contributed by atoms with Gasteiger partial charge in [-0.15, -0.1) is 29.8 Å². The quantitative estimate of drug-likeness (QED) is 0.213. The summed E-state index contributed by atoms with van der Waals surface area (Å²) >= 11 is 0. The summed E-state index contributed by atoms with van der Waals surface area (Å²) in [4.78, 5) is 15.7. The average Bonchev–Trinajstić information content (AvgIpc) is 3.02. The number of nitrogens with zero attached hydrogens (tertiary/aromatic N) is 1. The van der Waals surface area contributed by atoms with Crippen molar-refractivity contribution in [2.75, 3.05) is 7.11 Å². The van der Waals surface area contributed by atoms with Gasteiger partial charge in [-0.1, -0.05) is 85.9 Å². The number of para-hydroxylation sites is 1. The number of ether oxygens (including phenoxy) is 1. The largest absolute Gasteiger partial charge is 3.00 e. The topological polar surface area (TPSA) is 38.7 Å². The third-order valence-electron chi connectivity index (χ3n) is 5.87. The normalized spacial score (nSPS) is 9.60. The number of hydrogen-bond acceptors (Lipinski definition) is 3. The molecule has 0 amide bonds. The zero-order valence-electron chi connectivity index (χ0n) is 22.3. The monoisotopic (exact) mass is 673 g/mol. The van der Waals surface area contributed by atoms with E-state index in [1.165, 1.54) is 54.2 Å². The molecule has 0 radical (unpaired) electrons. The van der Waals surface area contributed by atoms with Gasteiger partial charge in [0.25, 0.3) is 0 Å². The van der Waals surface area contributed by atoms with E-state index in [0.717, 1.165) is 11.3 Å². The second-order valence-electron chi connectivity index (χ2n) is 8.10. The molecule has 192 valence electrons. The fourth-order valence-corrected chi connectivity index (χ4v) is 3.22. The molecule has 3 rings (SSSR count). The van der Waals surface area contributed by atoms with E-state index in [1.807, 2.05) is 30.3 Å². The van der Waals surface area contributed by atoms with Gasteiger partial charge in [-0.25, -0.2) is 4.79 Å². The first-order valence-corrected chi connectivity index (χ1v) is 11.6. The third kappa shape index (κ3) is 11.9. The minimum absolute atomic E-state index is 0. The fourth-order valence-electron chi connectivity index (χ4n) is 3.22. The molecule has 0 atom stereocenters. The van der Waals surface area contributed by atoms with E-state index in [0.29, 0.717) is 5.56 Å². The van der Waals surface area contributed by atoms with Crippen LogP contribution in [0.4, 0.5) is 5.69 Å². The first kappa shape index (κ1) is 35.0. The maximum atomic E-state index is 11.4. The van der Waals surface area contributed by atoms with Crippen molar-refractivity contribution in [1.82, 2.24) is 0 Å². The molecule has 0 saturated heterocycles. The molecule has 0 spiro atoms. The van der Waals surface area contributed by atoms with Crippen LogP contribution in [0.15, 0.2) is 53.5 Å². The maximum absolute atomic E-state index is 11.4. The van der Waals surface area contributed by atoms with Crippen LogP contribution in [-0.2, 0) is 24.8 Å². The van der Waals surface area contributed by atoms with Crippen LogP contribution in [0.2, 0.25) is 0 Å². The van der Waals surface area contributed by atoms with Crippen LogP contribution in [0.5, 0.6) is 0 Å². The number of benzene rings is 2. The fraction of sp³-hybridized carbons (Fsp3) is 0.367. The second kappa shape index (κ2) is 19.1. The smallest absolute Gasteiger partial charge is 1.00 e. The summed E-state index contributed by atoms with van der Waals surface area (Å²) in [7, 11) is 1.36. The molecule has 0 aliphatic rings. The van der Waals surface area contributed by atoms with Crippen LogP contribution < -0.4 is 12.4 Å². The summed E-state index contributed by atoms with van der Waals surface area (Å²) in [6.45, 7) is 15.4. The van der Waals surface area contributed by atoms with Gasteiger partial charge < -0.3 is 22.1 Å². The Morgan fingerprint density at radius 3 is 1.94 bits per heavy atom. The SMILES string of the molecule is CCCCC.COC(=O)c1cc[c-]c(C=Nc2ccccc2)c1.Cc1c(C)c(C)[c-](C)c1C.[Cl-].[Ir+3]. The minimum atomic E-state index is -0.363. The Morgan fingerprint density at radius 1 is 1.00 bits per heavy atom. The third-order valence-corrected chi connectivity index (χ3v) is 5.87. The summed E-state index contributed by atoms with van der Waals surface area (Å²) in [5, 5.41) is 0. The number of methoxy groups -OCH3 is 1. The number of halogens is 1. The molecule has 3 aromatic carbocycles. The zero-order chi connectivity index (χ0) is 24.8. The van der Waals surface area contributed by atoms with Gasteiger partial charge in [0.2, 0.25) is 0 Å². The minimum Gasteiger partial charge on any atom is -1.00 e. The van der Waals surface area contributed by atoms with Crippen molar-refractivity contribution in [3.8, 4) is 0 Å². The number of hydrogen-bond donors (Lipinski definition) is 0. The Labute approximate surface area is 232 Å². The van der Waals surface area contributed by atoms with Crippen LogP contribution in [0.3, 0.4) is 0 Å². The first-order chi connectivity index (χ1) is 15.8. The predicted octanol–water partition coefficient (Wildman–Crippen LogP) is 5.17. The van der Waals surface area contributed by atoms with Gasteiger partial charge in [-0.3, -0.25) is 0 Å². The second-order valence-corrected chi connectivity index (χ2v) is 8.10. The van der Waals surface area contributed by atoms with E-state index in [1.54, 1.807) is 24.4 Å². The molecule has 5 heteroatoms. The van der Waals surface area contributed by atoms with E-state index in [-0.39, 0.29) is 38.5 Å². The molecule has 0 aliphatic heterocycles. The van der Waals surface area contributed by atoms with Gasteiger partial charge in [0.15, 0.2) is 0 Å². The molecule has 3 nitrogen and oxygen atoms in total. The average molecular weight is 673 g/mol. The maximum Gasteiger partial charge on any atom is 3.00 e. The Bertz CT molecular complexity index is 944. The van der Waals surface area contributed by atoms with Crippen LogP contribution in [0, 0.1) is 40.7 Å². The molecule has 35 heavy (non-hydrogen) atoms. The summed E-state index contributed by atoms with van der Waals surface area (Å²) < 4.78 is 4.66. The molecular formula is C30H39ClIrNO2. The standard InChI is InChI=1S/C15H12NO2.C10H15.C5H12.ClH.Ir/c1-18-15(17)13-7-5-6-12(10-13)11-16-14-8-3-2-4-9-14;1-6-7(2)9(4)10(5)8(6)3;1-3-5-4-2;;/h2-5,7-11H,1H3;1-5H3;3-5H2,1-2H3;1H;/q2*-1;;;+3/p-1. The number of rotatable bonds is 5. The van der Waals surface area contributed by atoms with E-state index in [2.05, 4.69) is 64.3 Å². The van der Waals surface area contributed by atoms with E-state index in [4.69, 9.17) is 0 Å². The molecule has 0 unspecified atom stereocenters. The van der Waals surface area contributed by atoms with Gasteiger partial charge in [0.1, 0.15) is 0 Å². The van der Waals surface area contributed by atoms with E-state index < -0.39 is 0 Å². The van der Waals surface area contributed by atoms with Gasteiger partial charge in [0, 0.05) is 0 Å². The molecular weight excluding hydrogens is 634 g/mol. The Morgan fingerprint density at radius 2 is 1.54 bits per heavy atom. The molecule has 0 heterocycles. The molecule has 0 aliphatic carbocycles. The molecule has 0 saturated carbocycles. The first-order valence-electron chi connectivity index (χ1n) is 11.6. The number of carbonyl (C=O) groups excluding carboxylic acids is 1. The van der Waals surface area contributed by atoms with Crippen molar-refractivity contribution >= 4 is 17.9 Å². The van der Waals surface area contributed by atoms with E-state index >= 15 is 0 Å². The number of esters is 1. The Balaban J connectivity index is 0. The van der Waals surface area contributed by atoms with Crippen molar-refractivity contribution in [2.24, 2.45) is 4.99 Å². The van der Waals surface area contributed by atoms with Crippen LogP contribution in [0.25, 0.3) is 0 Å². The summed E-state index contributed by atoms with van der Waals surface area (Å²) in [5.41, 5.74) is 9.42. The van der Waals surface area contributed by atoms with Crippen molar-refractivity contribution in [3.63, 3.8) is 0 Å². The predicted molar refractivity (Wildman–Crippen MR) is 141 cm³/mol. The zero-order valence-corrected chi connectivity index (χ0v) is 25.4. The van der Waals surface area contributed by atoms with Crippen molar-refractivity contribution in [3.05, 3.63) is 93.5 Å². The van der Waals surface area contributed by atoms with Gasteiger partial charge in [0.05, 0.1) is 12.8 Å². The summed E-state index contributed by atoms with van der Waals surface area (Å²) in [6.07, 6.45) is 5.74. The molecule has 0 fully saturated rings. The number of unbranched alkanes of at least 4 members (excludes halogenated alkanes) is 2. The van der Waals surface area contributed by atoms with Crippen LogP contribution in [-0.4, -0.2) is 19.3 Å². The Kier molecular flexibility index (Phi) is 19.1. The van der Waals surface area contributed by atoms with Gasteiger partial charge in [-0.05, 0) is 23.9 Å². The van der Waals surface area contributed by atoms with Crippen LogP contribution >= 0.6 is 0 Å². The van der Waals surface area contributed by atoms with Crippen molar-refractivity contribution in [1.29, 1.82) is 0 Å². The molecule has 3 aromatic rings. The number of aliphatic imine (C=N–C) groups is 1. The van der Waals surface area contributed by atoms with Gasteiger partial charge in [-0.2, -0.15) is 27.8 Å². The number of carbonyl (C=O) groups is 1. The van der Waals surface area contributed by atoms with Crippen LogP contribution in [0.1, 0.15) is 76.8 Å². The summed E-state index contributed by atoms with van der Waals surface area (Å²) in [6, 6.07) is 17.6.